The number of rotatable bonds is 5. The van der Waals surface area contributed by atoms with Gasteiger partial charge in [0.1, 0.15) is 0 Å². The molecule has 0 unspecified atom stereocenters. The number of carbonyl (C=O) groups excluding carboxylic acids is 2. The molecule has 23 heavy (non-hydrogen) atoms. The lowest BCUT2D eigenvalue weighted by Crippen LogP contribution is -2.38. The van der Waals surface area contributed by atoms with Gasteiger partial charge in [0.2, 0.25) is 11.8 Å². The van der Waals surface area contributed by atoms with Crippen LogP contribution in [0.4, 0.5) is 0 Å². The number of benzene rings is 1. The first-order chi connectivity index (χ1) is 11.1. The van der Waals surface area contributed by atoms with Gasteiger partial charge in [0.15, 0.2) is 0 Å². The molecule has 1 aromatic rings. The summed E-state index contributed by atoms with van der Waals surface area (Å²) in [5, 5.41) is 6.12. The maximum atomic E-state index is 12.3. The quantitative estimate of drug-likeness (QED) is 0.878. The fourth-order valence-corrected chi connectivity index (χ4v) is 3.32. The van der Waals surface area contributed by atoms with Crippen LogP contribution in [0.5, 0.6) is 0 Å². The third-order valence-corrected chi connectivity index (χ3v) is 4.94. The summed E-state index contributed by atoms with van der Waals surface area (Å²) in [5.41, 5.74) is 2.34. The molecule has 2 aliphatic carbocycles. The molecule has 2 saturated carbocycles. The summed E-state index contributed by atoms with van der Waals surface area (Å²) in [5.74, 6) is 0.500. The van der Waals surface area contributed by atoms with Crippen molar-refractivity contribution in [2.45, 2.75) is 58.0 Å². The van der Waals surface area contributed by atoms with Crippen molar-refractivity contribution in [1.82, 2.24) is 10.6 Å². The highest BCUT2D eigenvalue weighted by Gasteiger charge is 2.32. The summed E-state index contributed by atoms with van der Waals surface area (Å²) in [6.45, 7) is 2.64. The van der Waals surface area contributed by atoms with Crippen LogP contribution < -0.4 is 10.6 Å². The van der Waals surface area contributed by atoms with Crippen molar-refractivity contribution in [3.63, 3.8) is 0 Å². The van der Waals surface area contributed by atoms with Crippen LogP contribution in [-0.4, -0.2) is 17.9 Å². The lowest BCUT2D eigenvalue weighted by Gasteiger charge is -2.27. The Morgan fingerprint density at radius 1 is 1.00 bits per heavy atom. The summed E-state index contributed by atoms with van der Waals surface area (Å²) in [4.78, 5) is 24.4. The molecule has 2 N–H and O–H groups in total. The van der Waals surface area contributed by atoms with Crippen LogP contribution in [0.1, 0.15) is 49.7 Å². The van der Waals surface area contributed by atoms with Crippen LogP contribution >= 0.6 is 0 Å². The van der Waals surface area contributed by atoms with Gasteiger partial charge in [-0.1, -0.05) is 29.8 Å². The van der Waals surface area contributed by atoms with Gasteiger partial charge in [-0.2, -0.15) is 0 Å². The zero-order valence-electron chi connectivity index (χ0n) is 13.8. The lowest BCUT2D eigenvalue weighted by molar-refractivity contribution is -0.130. The molecule has 0 aromatic heterocycles. The summed E-state index contributed by atoms with van der Waals surface area (Å²) in [6.07, 6.45) is 5.57. The second kappa shape index (κ2) is 7.16. The van der Waals surface area contributed by atoms with E-state index in [0.29, 0.717) is 12.6 Å². The molecule has 2 amide bonds. The molecule has 1 aromatic carbocycles. The topological polar surface area (TPSA) is 58.2 Å². The highest BCUT2D eigenvalue weighted by molar-refractivity contribution is 5.81. The standard InChI is InChI=1S/C19H26N2O2/c1-13-3-2-4-14(11-13)12-20-18(22)15-5-7-16(8-6-15)19(23)21-17-9-10-17/h2-4,11,15-17H,5-10,12H2,1H3,(H,20,22)(H,21,23). The van der Waals surface area contributed by atoms with Crippen molar-refractivity contribution >= 4 is 11.8 Å². The van der Waals surface area contributed by atoms with Crippen LogP contribution in [0.3, 0.4) is 0 Å². The maximum absolute atomic E-state index is 12.3. The van der Waals surface area contributed by atoms with Crippen molar-refractivity contribution in [3.8, 4) is 0 Å². The highest BCUT2D eigenvalue weighted by atomic mass is 16.2. The number of carbonyl (C=O) groups is 2. The van der Waals surface area contributed by atoms with E-state index in [-0.39, 0.29) is 23.7 Å². The average molecular weight is 314 g/mol. The van der Waals surface area contributed by atoms with Crippen molar-refractivity contribution in [2.24, 2.45) is 11.8 Å². The van der Waals surface area contributed by atoms with E-state index in [4.69, 9.17) is 0 Å². The van der Waals surface area contributed by atoms with Crippen LogP contribution in [-0.2, 0) is 16.1 Å². The zero-order valence-corrected chi connectivity index (χ0v) is 13.8. The molecule has 0 saturated heterocycles. The Labute approximate surface area is 138 Å². The Morgan fingerprint density at radius 3 is 2.26 bits per heavy atom. The Balaban J connectivity index is 1.41. The molecule has 0 bridgehead atoms. The second-order valence-corrected chi connectivity index (χ2v) is 7.04. The number of amides is 2. The first kappa shape index (κ1) is 16.0. The minimum Gasteiger partial charge on any atom is -0.353 e. The van der Waals surface area contributed by atoms with Gasteiger partial charge in [-0.25, -0.2) is 0 Å². The molecule has 3 rings (SSSR count). The van der Waals surface area contributed by atoms with E-state index in [1.165, 1.54) is 5.56 Å². The predicted octanol–water partition coefficient (Wildman–Crippen LogP) is 2.70. The molecule has 0 aliphatic heterocycles. The van der Waals surface area contributed by atoms with E-state index in [1.807, 2.05) is 12.1 Å². The fraction of sp³-hybridized carbons (Fsp3) is 0.579. The van der Waals surface area contributed by atoms with E-state index in [2.05, 4.69) is 29.7 Å². The molecule has 0 heterocycles. The Hall–Kier alpha value is -1.84. The van der Waals surface area contributed by atoms with Crippen LogP contribution in [0, 0.1) is 18.8 Å². The van der Waals surface area contributed by atoms with E-state index in [0.717, 1.165) is 44.1 Å². The van der Waals surface area contributed by atoms with Gasteiger partial charge in [-0.3, -0.25) is 9.59 Å². The van der Waals surface area contributed by atoms with Gasteiger partial charge in [-0.15, -0.1) is 0 Å². The molecule has 4 heteroatoms. The maximum Gasteiger partial charge on any atom is 0.223 e. The third-order valence-electron chi connectivity index (χ3n) is 4.94. The Kier molecular flexibility index (Phi) is 4.99. The molecule has 0 spiro atoms. The minimum absolute atomic E-state index is 0.0600. The Bertz CT molecular complexity index is 572. The minimum atomic E-state index is 0.0600. The van der Waals surface area contributed by atoms with E-state index < -0.39 is 0 Å². The SMILES string of the molecule is Cc1cccc(CNC(=O)C2CCC(C(=O)NC3CC3)CC2)c1. The first-order valence-corrected chi connectivity index (χ1v) is 8.75. The molecule has 2 fully saturated rings. The average Bonchev–Trinajstić information content (AvgIpc) is 3.37. The van der Waals surface area contributed by atoms with Gasteiger partial charge in [0, 0.05) is 24.4 Å². The molecular weight excluding hydrogens is 288 g/mol. The predicted molar refractivity (Wildman–Crippen MR) is 89.6 cm³/mol. The van der Waals surface area contributed by atoms with E-state index in [9.17, 15) is 9.59 Å². The molecule has 2 aliphatic rings. The Morgan fingerprint density at radius 2 is 1.65 bits per heavy atom. The summed E-state index contributed by atoms with van der Waals surface area (Å²) >= 11 is 0. The summed E-state index contributed by atoms with van der Waals surface area (Å²) < 4.78 is 0. The summed E-state index contributed by atoms with van der Waals surface area (Å²) in [7, 11) is 0. The number of aryl methyl sites for hydroxylation is 1. The highest BCUT2D eigenvalue weighted by Crippen LogP contribution is 2.30. The van der Waals surface area contributed by atoms with Gasteiger partial charge in [0.25, 0.3) is 0 Å². The monoisotopic (exact) mass is 314 g/mol. The van der Waals surface area contributed by atoms with Crippen molar-refractivity contribution in [2.75, 3.05) is 0 Å². The smallest absolute Gasteiger partial charge is 0.223 e. The molecule has 4 nitrogen and oxygen atoms in total. The van der Waals surface area contributed by atoms with Crippen LogP contribution in [0.25, 0.3) is 0 Å². The first-order valence-electron chi connectivity index (χ1n) is 8.75. The van der Waals surface area contributed by atoms with Crippen molar-refractivity contribution in [1.29, 1.82) is 0 Å². The number of nitrogens with one attached hydrogen (secondary N) is 2. The normalized spacial score (nSPS) is 24.0. The van der Waals surface area contributed by atoms with E-state index >= 15 is 0 Å². The third kappa shape index (κ3) is 4.57. The van der Waals surface area contributed by atoms with E-state index in [1.54, 1.807) is 0 Å². The number of hydrogen-bond acceptors (Lipinski definition) is 2. The lowest BCUT2D eigenvalue weighted by atomic mass is 9.81. The van der Waals surface area contributed by atoms with Gasteiger partial charge >= 0.3 is 0 Å². The van der Waals surface area contributed by atoms with Crippen LogP contribution in [0.15, 0.2) is 24.3 Å². The van der Waals surface area contributed by atoms with Crippen molar-refractivity contribution < 1.29 is 9.59 Å². The van der Waals surface area contributed by atoms with Gasteiger partial charge in [0.05, 0.1) is 0 Å². The molecule has 0 radical (unpaired) electrons. The second-order valence-electron chi connectivity index (χ2n) is 7.04. The van der Waals surface area contributed by atoms with Gasteiger partial charge < -0.3 is 10.6 Å². The number of hydrogen-bond donors (Lipinski definition) is 2. The zero-order chi connectivity index (χ0) is 16.2. The summed E-state index contributed by atoms with van der Waals surface area (Å²) in [6, 6.07) is 8.63. The van der Waals surface area contributed by atoms with Gasteiger partial charge in [-0.05, 0) is 51.0 Å². The van der Waals surface area contributed by atoms with Crippen molar-refractivity contribution in [3.05, 3.63) is 35.4 Å². The molecular formula is C19H26N2O2. The molecule has 124 valence electrons. The molecule has 0 atom stereocenters. The largest absolute Gasteiger partial charge is 0.353 e. The van der Waals surface area contributed by atoms with Crippen LogP contribution in [0.2, 0.25) is 0 Å². The fourth-order valence-electron chi connectivity index (χ4n) is 3.32.